The second-order valence-electron chi connectivity index (χ2n) is 10.4. The third-order valence-corrected chi connectivity index (χ3v) is 7.49. The molecule has 2 N–H and O–H groups in total. The summed E-state index contributed by atoms with van der Waals surface area (Å²) >= 11 is 0. The Morgan fingerprint density at radius 2 is 1.75 bits per heavy atom. The maximum absolute atomic E-state index is 11.7. The highest BCUT2D eigenvalue weighted by Crippen LogP contribution is 2.37. The first-order chi connectivity index (χ1) is 17.4. The minimum absolute atomic E-state index is 0.0127. The number of carbonyl (C=O) groups is 1. The van der Waals surface area contributed by atoms with E-state index in [-0.39, 0.29) is 18.5 Å². The molecule has 1 aromatic carbocycles. The van der Waals surface area contributed by atoms with E-state index in [4.69, 9.17) is 15.2 Å². The third kappa shape index (κ3) is 10.3. The molecule has 0 heterocycles. The van der Waals surface area contributed by atoms with Gasteiger partial charge in [0.1, 0.15) is 6.61 Å². The Morgan fingerprint density at radius 3 is 2.33 bits per heavy atom. The predicted molar refractivity (Wildman–Crippen MR) is 151 cm³/mol. The first-order valence-corrected chi connectivity index (χ1v) is 14.0. The average molecular weight is 496 g/mol. The number of rotatable bonds is 15. The van der Waals surface area contributed by atoms with Crippen molar-refractivity contribution in [2.45, 2.75) is 98.0 Å². The number of nitrogens with two attached hydrogens (primary N) is 1. The van der Waals surface area contributed by atoms with E-state index < -0.39 is 0 Å². The van der Waals surface area contributed by atoms with Gasteiger partial charge in [-0.25, -0.2) is 4.79 Å². The second-order valence-corrected chi connectivity index (χ2v) is 10.4. The summed E-state index contributed by atoms with van der Waals surface area (Å²) in [5, 5.41) is 0. The molecule has 0 aromatic heterocycles. The molecule has 1 atom stereocenters. The largest absolute Gasteiger partial charge is 0.494 e. The van der Waals surface area contributed by atoms with Crippen LogP contribution in [0.3, 0.4) is 0 Å². The molecule has 0 bridgehead atoms. The minimum atomic E-state index is -0.375. The smallest absolute Gasteiger partial charge is 0.333 e. The summed E-state index contributed by atoms with van der Waals surface area (Å²) in [5.74, 6) is 2.12. The van der Waals surface area contributed by atoms with Crippen LogP contribution in [0.15, 0.2) is 59.9 Å². The van der Waals surface area contributed by atoms with E-state index in [9.17, 15) is 4.79 Å². The molecular formula is C32H49NO3. The zero-order valence-electron chi connectivity index (χ0n) is 23.2. The highest BCUT2D eigenvalue weighted by atomic mass is 16.5. The van der Waals surface area contributed by atoms with Gasteiger partial charge in [0.05, 0.1) is 12.4 Å². The zero-order chi connectivity index (χ0) is 26.3. The van der Waals surface area contributed by atoms with Crippen LogP contribution in [0.2, 0.25) is 0 Å². The van der Waals surface area contributed by atoms with Crippen molar-refractivity contribution < 1.29 is 14.3 Å². The number of unbranched alkanes of at least 4 members (excludes halogenated alkanes) is 2. The van der Waals surface area contributed by atoms with E-state index in [1.807, 2.05) is 19.1 Å². The fraction of sp³-hybridized carbons (Fsp3) is 0.594. The minimum Gasteiger partial charge on any atom is -0.494 e. The van der Waals surface area contributed by atoms with Gasteiger partial charge in [0.25, 0.3) is 0 Å². The Labute approximate surface area is 220 Å². The van der Waals surface area contributed by atoms with Crippen molar-refractivity contribution in [1.29, 1.82) is 0 Å². The van der Waals surface area contributed by atoms with Crippen molar-refractivity contribution in [2.75, 3.05) is 13.2 Å². The summed E-state index contributed by atoms with van der Waals surface area (Å²) in [4.78, 5) is 11.7. The molecule has 0 aliphatic heterocycles. The van der Waals surface area contributed by atoms with Crippen molar-refractivity contribution in [3.05, 3.63) is 71.0 Å². The van der Waals surface area contributed by atoms with Crippen LogP contribution in [-0.4, -0.2) is 19.1 Å². The fourth-order valence-corrected chi connectivity index (χ4v) is 4.99. The molecule has 1 aromatic rings. The molecule has 4 nitrogen and oxygen atoms in total. The number of esters is 1. The maximum atomic E-state index is 11.7. The van der Waals surface area contributed by atoms with Gasteiger partial charge >= 0.3 is 5.97 Å². The summed E-state index contributed by atoms with van der Waals surface area (Å²) in [7, 11) is 0. The first kappa shape index (κ1) is 29.9. The molecular weight excluding hydrogens is 446 g/mol. The lowest BCUT2D eigenvalue weighted by molar-refractivity contribution is -0.139. The van der Waals surface area contributed by atoms with Crippen molar-refractivity contribution in [1.82, 2.24) is 0 Å². The van der Waals surface area contributed by atoms with Gasteiger partial charge in [0.2, 0.25) is 0 Å². The molecule has 36 heavy (non-hydrogen) atoms. The van der Waals surface area contributed by atoms with Gasteiger partial charge in [0.15, 0.2) is 0 Å². The number of allylic oxidation sites excluding steroid dienone is 3. The summed E-state index contributed by atoms with van der Waals surface area (Å²) in [6, 6.07) is 9.02. The molecule has 1 saturated carbocycles. The van der Waals surface area contributed by atoms with Gasteiger partial charge in [-0.2, -0.15) is 0 Å². The molecule has 1 aliphatic carbocycles. The molecule has 200 valence electrons. The average Bonchev–Trinajstić information content (AvgIpc) is 2.90. The summed E-state index contributed by atoms with van der Waals surface area (Å²) in [6.45, 7) is 12.8. The Morgan fingerprint density at radius 1 is 1.06 bits per heavy atom. The molecule has 0 radical (unpaired) electrons. The van der Waals surface area contributed by atoms with Crippen LogP contribution in [0.25, 0.3) is 0 Å². The highest BCUT2D eigenvalue weighted by molar-refractivity contribution is 5.86. The number of benzene rings is 1. The number of hydrogen-bond acceptors (Lipinski definition) is 4. The van der Waals surface area contributed by atoms with Crippen LogP contribution >= 0.6 is 0 Å². The van der Waals surface area contributed by atoms with E-state index in [1.165, 1.54) is 62.5 Å². The number of carbonyl (C=O) groups excluding carboxylic acids is 1. The predicted octanol–water partition coefficient (Wildman–Crippen LogP) is 7.99. The molecule has 1 aliphatic rings. The van der Waals surface area contributed by atoms with Crippen molar-refractivity contribution in [3.8, 4) is 0 Å². The standard InChI is InChI=1S/C32H49NO3/c1-6-8-9-10-26-12-17-29(18-13-26)30-19-14-27(15-20-30)22-35-25(5)11-16-28(7-2)31(21-33)23-36-32(34)24(3)4/h11,14-16,19-20,26,29,31H,3,6-10,12-13,17-18,21-23,33H2,1-2,4-5H3/b25-11+,28-16+. The fourth-order valence-electron chi connectivity index (χ4n) is 4.99. The summed E-state index contributed by atoms with van der Waals surface area (Å²) < 4.78 is 11.3. The lowest BCUT2D eigenvalue weighted by Gasteiger charge is -2.29. The van der Waals surface area contributed by atoms with E-state index in [0.717, 1.165) is 23.7 Å². The van der Waals surface area contributed by atoms with Crippen LogP contribution in [0, 0.1) is 11.8 Å². The van der Waals surface area contributed by atoms with E-state index in [1.54, 1.807) is 6.92 Å². The lowest BCUT2D eigenvalue weighted by Crippen LogP contribution is -2.24. The SMILES string of the molecule is C=C(C)C(=O)OCC(CN)/C(=C/C=C(\C)OCc1ccc(C2CCC(CCCCC)CC2)cc1)CC. The normalized spacial score (nSPS) is 19.6. The number of hydrogen-bond donors (Lipinski definition) is 1. The Hall–Kier alpha value is -2.33. The maximum Gasteiger partial charge on any atom is 0.333 e. The van der Waals surface area contributed by atoms with Crippen LogP contribution < -0.4 is 5.73 Å². The van der Waals surface area contributed by atoms with Crippen LogP contribution in [0.4, 0.5) is 0 Å². The molecule has 1 unspecified atom stereocenters. The Bertz CT molecular complexity index is 860. The van der Waals surface area contributed by atoms with Gasteiger partial charge in [-0.15, -0.1) is 0 Å². The molecule has 2 rings (SSSR count). The van der Waals surface area contributed by atoms with E-state index in [0.29, 0.717) is 24.6 Å². The first-order valence-electron chi connectivity index (χ1n) is 14.0. The summed E-state index contributed by atoms with van der Waals surface area (Å²) in [6.07, 6.45) is 15.8. The molecule has 0 spiro atoms. The van der Waals surface area contributed by atoms with Crippen molar-refractivity contribution in [2.24, 2.45) is 17.6 Å². The topological polar surface area (TPSA) is 61.5 Å². The Kier molecular flexibility index (Phi) is 13.6. The van der Waals surface area contributed by atoms with Gasteiger partial charge in [-0.1, -0.05) is 82.0 Å². The van der Waals surface area contributed by atoms with Gasteiger partial charge in [-0.05, 0) is 75.0 Å². The Balaban J connectivity index is 1.83. The third-order valence-electron chi connectivity index (χ3n) is 7.49. The van der Waals surface area contributed by atoms with E-state index >= 15 is 0 Å². The van der Waals surface area contributed by atoms with Crippen molar-refractivity contribution in [3.63, 3.8) is 0 Å². The number of ether oxygens (including phenoxy) is 2. The molecule has 0 saturated heterocycles. The quantitative estimate of drug-likeness (QED) is 0.0880. The van der Waals surface area contributed by atoms with Crippen LogP contribution in [-0.2, 0) is 20.9 Å². The zero-order valence-corrected chi connectivity index (χ0v) is 23.2. The monoisotopic (exact) mass is 495 g/mol. The van der Waals surface area contributed by atoms with Crippen molar-refractivity contribution >= 4 is 5.97 Å². The molecule has 0 amide bonds. The van der Waals surface area contributed by atoms with Gasteiger partial charge in [0, 0.05) is 18.0 Å². The lowest BCUT2D eigenvalue weighted by atomic mass is 9.77. The van der Waals surface area contributed by atoms with Gasteiger partial charge < -0.3 is 15.2 Å². The highest BCUT2D eigenvalue weighted by Gasteiger charge is 2.22. The second kappa shape index (κ2) is 16.4. The van der Waals surface area contributed by atoms with Crippen LogP contribution in [0.5, 0.6) is 0 Å². The molecule has 4 heteroatoms. The summed E-state index contributed by atoms with van der Waals surface area (Å²) in [5.41, 5.74) is 10.1. The van der Waals surface area contributed by atoms with E-state index in [2.05, 4.69) is 44.7 Å². The van der Waals surface area contributed by atoms with Gasteiger partial charge in [-0.3, -0.25) is 0 Å². The molecule has 1 fully saturated rings. The van der Waals surface area contributed by atoms with Crippen LogP contribution in [0.1, 0.15) is 103 Å².